The number of nitrogens with one attached hydrogen (secondary N) is 3. The number of carbonyl (C=O) groups excluding carboxylic acids is 4. The van der Waals surface area contributed by atoms with Crippen molar-refractivity contribution in [3.05, 3.63) is 0 Å². The lowest BCUT2D eigenvalue weighted by Gasteiger charge is -2.23. The van der Waals surface area contributed by atoms with Crippen LogP contribution in [0.3, 0.4) is 0 Å². The smallest absolute Gasteiger partial charge is 0.327 e. The number of thiol groups is 1. The van der Waals surface area contributed by atoms with Gasteiger partial charge in [-0.2, -0.15) is 12.6 Å². The number of primary amides is 1. The number of carbonyl (C=O) groups is 6. The zero-order valence-corrected chi connectivity index (χ0v) is 15.6. The van der Waals surface area contributed by atoms with Gasteiger partial charge in [0.2, 0.25) is 23.6 Å². The van der Waals surface area contributed by atoms with Crippen molar-refractivity contribution in [2.45, 2.75) is 37.4 Å². The van der Waals surface area contributed by atoms with Gasteiger partial charge in [-0.15, -0.1) is 0 Å². The van der Waals surface area contributed by atoms with E-state index in [1.807, 2.05) is 0 Å². The van der Waals surface area contributed by atoms with Crippen molar-refractivity contribution in [3.63, 3.8) is 0 Å². The van der Waals surface area contributed by atoms with Gasteiger partial charge in [0, 0.05) is 12.2 Å². The highest BCUT2D eigenvalue weighted by Crippen LogP contribution is 2.02. The van der Waals surface area contributed by atoms with Gasteiger partial charge < -0.3 is 37.6 Å². The summed E-state index contributed by atoms with van der Waals surface area (Å²) in [5, 5.41) is 24.2. The number of hydrogen-bond donors (Lipinski definition) is 8. The predicted molar refractivity (Wildman–Crippen MR) is 97.0 cm³/mol. The minimum absolute atomic E-state index is 0.244. The van der Waals surface area contributed by atoms with Crippen molar-refractivity contribution < 1.29 is 39.0 Å². The Morgan fingerprint density at radius 2 is 1.43 bits per heavy atom. The van der Waals surface area contributed by atoms with Gasteiger partial charge in [-0.3, -0.25) is 24.0 Å². The van der Waals surface area contributed by atoms with Gasteiger partial charge in [0.1, 0.15) is 18.1 Å². The molecule has 28 heavy (non-hydrogen) atoms. The van der Waals surface area contributed by atoms with Crippen LogP contribution in [0.25, 0.3) is 0 Å². The molecule has 0 aromatic carbocycles. The van der Waals surface area contributed by atoms with Crippen molar-refractivity contribution in [1.82, 2.24) is 16.0 Å². The number of hydrogen-bond acceptors (Lipinski definition) is 8. The highest BCUT2D eigenvalue weighted by Gasteiger charge is 2.30. The van der Waals surface area contributed by atoms with Crippen molar-refractivity contribution in [1.29, 1.82) is 0 Å². The molecule has 0 aliphatic carbocycles. The molecule has 0 radical (unpaired) electrons. The van der Waals surface area contributed by atoms with Crippen molar-refractivity contribution in [2.75, 3.05) is 12.3 Å². The van der Waals surface area contributed by atoms with Crippen LogP contribution >= 0.6 is 12.6 Å². The summed E-state index contributed by atoms with van der Waals surface area (Å²) in [6.45, 7) is -0.503. The zero-order valence-electron chi connectivity index (χ0n) is 14.7. The largest absolute Gasteiger partial charge is 0.481 e. The molecule has 0 heterocycles. The summed E-state index contributed by atoms with van der Waals surface area (Å²) in [7, 11) is 0. The Balaban J connectivity index is 5.35. The zero-order chi connectivity index (χ0) is 21.9. The summed E-state index contributed by atoms with van der Waals surface area (Å²) >= 11 is 3.79. The van der Waals surface area contributed by atoms with E-state index < -0.39 is 66.7 Å². The first-order valence-electron chi connectivity index (χ1n) is 7.95. The minimum atomic E-state index is -1.54. The quantitative estimate of drug-likeness (QED) is 0.136. The van der Waals surface area contributed by atoms with Gasteiger partial charge in [0.25, 0.3) is 0 Å². The Morgan fingerprint density at radius 1 is 0.893 bits per heavy atom. The second-order valence-electron chi connectivity index (χ2n) is 5.57. The van der Waals surface area contributed by atoms with E-state index in [2.05, 4.69) is 28.6 Å². The van der Waals surface area contributed by atoms with E-state index in [4.69, 9.17) is 21.7 Å². The maximum Gasteiger partial charge on any atom is 0.327 e. The molecule has 13 nitrogen and oxygen atoms in total. The lowest BCUT2D eigenvalue weighted by Crippen LogP contribution is -2.57. The molecule has 4 amide bonds. The number of carboxylic acids is 2. The van der Waals surface area contributed by atoms with E-state index in [1.54, 1.807) is 0 Å². The highest BCUT2D eigenvalue weighted by atomic mass is 32.1. The monoisotopic (exact) mass is 421 g/mol. The van der Waals surface area contributed by atoms with E-state index >= 15 is 0 Å². The van der Waals surface area contributed by atoms with Gasteiger partial charge >= 0.3 is 11.9 Å². The summed E-state index contributed by atoms with van der Waals surface area (Å²) in [4.78, 5) is 68.9. The fourth-order valence-corrected chi connectivity index (χ4v) is 2.17. The molecule has 0 saturated carbocycles. The second-order valence-corrected chi connectivity index (χ2v) is 5.94. The first-order valence-corrected chi connectivity index (χ1v) is 8.59. The maximum atomic E-state index is 12.3. The molecule has 0 aliphatic heterocycles. The molecule has 0 spiro atoms. The predicted octanol–water partition coefficient (Wildman–Crippen LogP) is -3.85. The van der Waals surface area contributed by atoms with E-state index in [0.717, 1.165) is 0 Å². The summed E-state index contributed by atoms with van der Waals surface area (Å²) < 4.78 is 0. The Morgan fingerprint density at radius 3 is 1.86 bits per heavy atom. The Hall–Kier alpha value is -2.87. The van der Waals surface area contributed by atoms with Crippen LogP contribution in [0.2, 0.25) is 0 Å². The highest BCUT2D eigenvalue weighted by molar-refractivity contribution is 7.80. The molecule has 0 aliphatic rings. The summed E-state index contributed by atoms with van der Waals surface area (Å²) in [5.41, 5.74) is 10.1. The standard InChI is InChI=1S/C14H23N5O8S/c15-4-10(21)17-7(3-11(22)23)13(25)18-6(1-2-9(16)20)12(24)19-8(5-28)14(26)27/h6-8,28H,1-5,15H2,(H2,16,20)(H,17,21)(H,18,25)(H,19,24)(H,22,23)(H,26,27). The average Bonchev–Trinajstić information content (AvgIpc) is 2.60. The molecule has 9 N–H and O–H groups in total. The number of rotatable bonds is 13. The van der Waals surface area contributed by atoms with Crippen LogP contribution in [-0.2, 0) is 28.8 Å². The second kappa shape index (κ2) is 12.5. The Kier molecular flexibility index (Phi) is 11.2. The maximum absolute atomic E-state index is 12.3. The molecule has 0 fully saturated rings. The third kappa shape index (κ3) is 9.72. The molecule has 3 atom stereocenters. The van der Waals surface area contributed by atoms with Gasteiger partial charge in [0.05, 0.1) is 13.0 Å². The summed E-state index contributed by atoms with van der Waals surface area (Å²) in [6, 6.07) is -4.32. The van der Waals surface area contributed by atoms with Crippen LogP contribution < -0.4 is 27.4 Å². The lowest BCUT2D eigenvalue weighted by molar-refractivity contribution is -0.142. The Bertz CT molecular complexity index is 629. The molecule has 0 bridgehead atoms. The molecule has 0 saturated heterocycles. The summed E-state index contributed by atoms with van der Waals surface area (Å²) in [5.74, 6) is -6.60. The molecule has 14 heteroatoms. The fourth-order valence-electron chi connectivity index (χ4n) is 1.92. The van der Waals surface area contributed by atoms with Crippen LogP contribution in [0.5, 0.6) is 0 Å². The van der Waals surface area contributed by atoms with Crippen molar-refractivity contribution in [3.8, 4) is 0 Å². The lowest BCUT2D eigenvalue weighted by atomic mass is 10.1. The number of amides is 4. The van der Waals surface area contributed by atoms with Gasteiger partial charge in [0.15, 0.2) is 0 Å². The molecule has 158 valence electrons. The topological polar surface area (TPSA) is 231 Å². The number of nitrogens with two attached hydrogens (primary N) is 2. The molecule has 0 aromatic rings. The molecule has 0 aromatic heterocycles. The van der Waals surface area contributed by atoms with Crippen molar-refractivity contribution in [2.24, 2.45) is 11.5 Å². The molecular formula is C14H23N5O8S. The third-order valence-corrected chi connectivity index (χ3v) is 3.69. The van der Waals surface area contributed by atoms with Crippen LogP contribution in [0, 0.1) is 0 Å². The van der Waals surface area contributed by atoms with Crippen LogP contribution in [0.4, 0.5) is 0 Å². The fraction of sp³-hybridized carbons (Fsp3) is 0.571. The van der Waals surface area contributed by atoms with E-state index in [9.17, 15) is 28.8 Å². The minimum Gasteiger partial charge on any atom is -0.481 e. The molecule has 0 rings (SSSR count). The third-order valence-electron chi connectivity index (χ3n) is 3.33. The molecule has 3 unspecified atom stereocenters. The van der Waals surface area contributed by atoms with Crippen LogP contribution in [0.15, 0.2) is 0 Å². The summed E-state index contributed by atoms with van der Waals surface area (Å²) in [6.07, 6.45) is -1.40. The van der Waals surface area contributed by atoms with E-state index in [1.165, 1.54) is 0 Å². The van der Waals surface area contributed by atoms with Gasteiger partial charge in [-0.05, 0) is 6.42 Å². The van der Waals surface area contributed by atoms with Gasteiger partial charge in [-0.1, -0.05) is 0 Å². The normalized spacial score (nSPS) is 13.5. The van der Waals surface area contributed by atoms with Crippen LogP contribution in [-0.4, -0.2) is 76.2 Å². The van der Waals surface area contributed by atoms with Crippen LogP contribution in [0.1, 0.15) is 19.3 Å². The number of aliphatic carboxylic acids is 2. The first kappa shape index (κ1) is 25.1. The van der Waals surface area contributed by atoms with E-state index in [-0.39, 0.29) is 18.6 Å². The Labute approximate surface area is 165 Å². The SMILES string of the molecule is NCC(=O)NC(CC(=O)O)C(=O)NC(CCC(N)=O)C(=O)NC(CS)C(=O)O. The van der Waals surface area contributed by atoms with Gasteiger partial charge in [-0.25, -0.2) is 4.79 Å². The average molecular weight is 421 g/mol. The number of carboxylic acid groups (broad SMARTS) is 2. The van der Waals surface area contributed by atoms with E-state index in [0.29, 0.717) is 0 Å². The first-order chi connectivity index (χ1) is 13.0. The van der Waals surface area contributed by atoms with Crippen molar-refractivity contribution >= 4 is 48.2 Å². The molecular weight excluding hydrogens is 398 g/mol.